The quantitative estimate of drug-likeness (QED) is 0.183. The fourth-order valence-corrected chi connectivity index (χ4v) is 4.41. The number of rotatable bonds is 13. The van der Waals surface area contributed by atoms with Gasteiger partial charge in [0, 0.05) is 25.5 Å². The highest BCUT2D eigenvalue weighted by Crippen LogP contribution is 2.26. The van der Waals surface area contributed by atoms with Crippen LogP contribution in [-0.2, 0) is 25.6 Å². The summed E-state index contributed by atoms with van der Waals surface area (Å²) in [7, 11) is 0. The zero-order valence-electron chi connectivity index (χ0n) is 22.1. The van der Waals surface area contributed by atoms with Crippen LogP contribution in [0.1, 0.15) is 40.0 Å². The van der Waals surface area contributed by atoms with Gasteiger partial charge in [0.1, 0.15) is 11.5 Å². The van der Waals surface area contributed by atoms with Crippen LogP contribution in [0, 0.1) is 5.92 Å². The van der Waals surface area contributed by atoms with E-state index in [1.54, 1.807) is 43.8 Å². The van der Waals surface area contributed by atoms with Crippen LogP contribution in [0.15, 0.2) is 52.8 Å². The van der Waals surface area contributed by atoms with E-state index in [4.69, 9.17) is 14.2 Å². The third-order valence-corrected chi connectivity index (χ3v) is 6.49. The van der Waals surface area contributed by atoms with E-state index in [0.29, 0.717) is 49.4 Å². The molecule has 3 rings (SSSR count). The van der Waals surface area contributed by atoms with Gasteiger partial charge in [-0.3, -0.25) is 14.8 Å². The van der Waals surface area contributed by atoms with Gasteiger partial charge < -0.3 is 24.6 Å². The molecule has 1 aromatic heterocycles. The number of carbonyl (C=O) groups is 2. The fraction of sp³-hybridized carbons (Fsp3) is 0.519. The minimum Gasteiger partial charge on any atom is -0.463 e. The highest BCUT2D eigenvalue weighted by atomic mass is 79.9. The highest BCUT2D eigenvalue weighted by Gasteiger charge is 2.26. The Balaban J connectivity index is 1.74. The van der Waals surface area contributed by atoms with Crippen molar-refractivity contribution in [2.24, 2.45) is 5.92 Å². The topological polar surface area (TPSA) is 124 Å². The van der Waals surface area contributed by atoms with E-state index in [-0.39, 0.29) is 19.1 Å². The molecular weight excluding hydrogens is 556 g/mol. The molecule has 3 N–H and O–H groups in total. The van der Waals surface area contributed by atoms with Crippen molar-refractivity contribution < 1.29 is 28.9 Å². The normalized spacial score (nSPS) is 15.7. The van der Waals surface area contributed by atoms with Crippen LogP contribution in [0.5, 0.6) is 5.75 Å². The number of hydrogen-bond donors (Lipinski definition) is 3. The maximum absolute atomic E-state index is 13.4. The molecule has 2 heterocycles. The number of halogens is 1. The van der Waals surface area contributed by atoms with Gasteiger partial charge in [0.25, 0.3) is 0 Å². The molecule has 1 atom stereocenters. The minimum absolute atomic E-state index is 0.120. The first-order chi connectivity index (χ1) is 18.1. The molecule has 1 fully saturated rings. The lowest BCUT2D eigenvalue weighted by molar-refractivity contribution is -0.137. The summed E-state index contributed by atoms with van der Waals surface area (Å²) in [6.45, 7) is 7.10. The maximum atomic E-state index is 13.4. The average molecular weight is 594 g/mol. The maximum Gasteiger partial charge on any atom is 0.334 e. The number of nitrogens with zero attached hydrogens (tertiary/aromatic N) is 2. The smallest absolute Gasteiger partial charge is 0.334 e. The Kier molecular flexibility index (Phi) is 11.3. The molecule has 1 amide bonds. The first-order valence-corrected chi connectivity index (χ1v) is 13.6. The number of carbonyl (C=O) groups excluding carboxylic acids is 2. The SMILES string of the molecule is CCOC(=O)/C=C(\CNC(CC1CCOCC1)C(=O)Nc1ccn(CC(C)(C)O)n1)Oc1ccccc1Br. The largest absolute Gasteiger partial charge is 0.463 e. The fourth-order valence-electron chi connectivity index (χ4n) is 4.05. The molecule has 1 unspecified atom stereocenters. The predicted molar refractivity (Wildman–Crippen MR) is 147 cm³/mol. The Morgan fingerprint density at radius 1 is 1.29 bits per heavy atom. The Bertz CT molecular complexity index is 1090. The van der Waals surface area contributed by atoms with Crippen LogP contribution in [0.2, 0.25) is 0 Å². The molecule has 0 bridgehead atoms. The number of esters is 1. The van der Waals surface area contributed by atoms with E-state index < -0.39 is 17.6 Å². The van der Waals surface area contributed by atoms with Crippen molar-refractivity contribution in [2.75, 3.05) is 31.7 Å². The summed E-state index contributed by atoms with van der Waals surface area (Å²) in [5.74, 6) is 0.772. The number of anilines is 1. The van der Waals surface area contributed by atoms with Crippen LogP contribution in [-0.4, -0.2) is 64.8 Å². The molecule has 10 nitrogen and oxygen atoms in total. The van der Waals surface area contributed by atoms with E-state index in [1.807, 2.05) is 18.2 Å². The number of ether oxygens (including phenoxy) is 3. The average Bonchev–Trinajstić information content (AvgIpc) is 3.28. The summed E-state index contributed by atoms with van der Waals surface area (Å²) in [6, 6.07) is 8.42. The zero-order valence-corrected chi connectivity index (χ0v) is 23.7. The van der Waals surface area contributed by atoms with Gasteiger partial charge in [-0.15, -0.1) is 0 Å². The van der Waals surface area contributed by atoms with Crippen LogP contribution >= 0.6 is 15.9 Å². The second kappa shape index (κ2) is 14.4. The van der Waals surface area contributed by atoms with E-state index in [0.717, 1.165) is 17.3 Å². The monoisotopic (exact) mass is 592 g/mol. The van der Waals surface area contributed by atoms with Gasteiger partial charge in [-0.05, 0) is 74.0 Å². The number of aliphatic hydroxyl groups is 1. The standard InChI is InChI=1S/C27H37BrN4O6/c1-4-37-25(33)16-20(38-23-8-6-5-7-21(23)28)17-29-22(15-19-10-13-36-14-11-19)26(34)30-24-9-12-32(31-24)18-27(2,3)35/h5-9,12,16,19,22,29,35H,4,10-11,13-15,17-18H2,1-3H3,(H,30,31,34)/b20-16+. The minimum atomic E-state index is -0.935. The van der Waals surface area contributed by atoms with Gasteiger partial charge in [-0.25, -0.2) is 4.79 Å². The lowest BCUT2D eigenvalue weighted by atomic mass is 9.92. The first kappa shape index (κ1) is 29.8. The number of hydrogen-bond acceptors (Lipinski definition) is 8. The van der Waals surface area contributed by atoms with Crippen molar-refractivity contribution >= 4 is 33.6 Å². The zero-order chi connectivity index (χ0) is 27.5. The summed E-state index contributed by atoms with van der Waals surface area (Å²) in [5.41, 5.74) is -0.935. The van der Waals surface area contributed by atoms with E-state index in [1.165, 1.54) is 6.08 Å². The van der Waals surface area contributed by atoms with E-state index >= 15 is 0 Å². The summed E-state index contributed by atoms with van der Waals surface area (Å²) in [6.07, 6.45) is 5.31. The molecule has 2 aromatic rings. The molecule has 11 heteroatoms. The summed E-state index contributed by atoms with van der Waals surface area (Å²) < 4.78 is 18.9. The van der Waals surface area contributed by atoms with Gasteiger partial charge in [-0.2, -0.15) is 5.10 Å². The molecular formula is C27H37BrN4O6. The molecule has 1 aliphatic rings. The summed E-state index contributed by atoms with van der Waals surface area (Å²) in [5, 5.41) is 20.6. The van der Waals surface area contributed by atoms with Crippen LogP contribution in [0.25, 0.3) is 0 Å². The number of benzene rings is 1. The molecule has 1 saturated heterocycles. The number of aromatic nitrogens is 2. The number of para-hydroxylation sites is 1. The second-order valence-electron chi connectivity index (χ2n) is 9.82. The van der Waals surface area contributed by atoms with Gasteiger partial charge in [0.2, 0.25) is 5.91 Å². The van der Waals surface area contributed by atoms with E-state index in [9.17, 15) is 14.7 Å². The van der Waals surface area contributed by atoms with Gasteiger partial charge in [0.15, 0.2) is 5.82 Å². The van der Waals surface area contributed by atoms with E-state index in [2.05, 4.69) is 31.7 Å². The molecule has 38 heavy (non-hydrogen) atoms. The van der Waals surface area contributed by atoms with Crippen LogP contribution in [0.4, 0.5) is 5.82 Å². The van der Waals surface area contributed by atoms with Gasteiger partial charge in [-0.1, -0.05) is 12.1 Å². The third kappa shape index (κ3) is 10.2. The molecule has 0 aliphatic carbocycles. The lowest BCUT2D eigenvalue weighted by Crippen LogP contribution is -2.43. The molecule has 0 spiro atoms. The van der Waals surface area contributed by atoms with Crippen LogP contribution in [0.3, 0.4) is 0 Å². The molecule has 0 radical (unpaired) electrons. The Labute approximate surface area is 231 Å². The Morgan fingerprint density at radius 3 is 2.71 bits per heavy atom. The van der Waals surface area contributed by atoms with Crippen molar-refractivity contribution in [1.82, 2.24) is 15.1 Å². The van der Waals surface area contributed by atoms with Crippen molar-refractivity contribution in [3.05, 3.63) is 52.8 Å². The second-order valence-corrected chi connectivity index (χ2v) is 10.7. The molecule has 1 aromatic carbocycles. The summed E-state index contributed by atoms with van der Waals surface area (Å²) >= 11 is 3.46. The molecule has 1 aliphatic heterocycles. The van der Waals surface area contributed by atoms with Crippen molar-refractivity contribution in [3.8, 4) is 5.75 Å². The Hall–Kier alpha value is -2.73. The number of amides is 1. The van der Waals surface area contributed by atoms with Gasteiger partial charge >= 0.3 is 5.97 Å². The molecule has 208 valence electrons. The predicted octanol–water partition coefficient (Wildman–Crippen LogP) is 3.66. The third-order valence-electron chi connectivity index (χ3n) is 5.83. The lowest BCUT2D eigenvalue weighted by Gasteiger charge is -2.27. The van der Waals surface area contributed by atoms with Crippen LogP contribution < -0.4 is 15.4 Å². The Morgan fingerprint density at radius 2 is 2.03 bits per heavy atom. The van der Waals surface area contributed by atoms with Gasteiger partial charge in [0.05, 0.1) is 41.9 Å². The summed E-state index contributed by atoms with van der Waals surface area (Å²) in [4.78, 5) is 25.6. The van der Waals surface area contributed by atoms with Crippen molar-refractivity contribution in [3.63, 3.8) is 0 Å². The number of nitrogens with one attached hydrogen (secondary N) is 2. The van der Waals surface area contributed by atoms with Crippen molar-refractivity contribution in [2.45, 2.75) is 58.2 Å². The highest BCUT2D eigenvalue weighted by molar-refractivity contribution is 9.10. The van der Waals surface area contributed by atoms with Crippen molar-refractivity contribution in [1.29, 1.82) is 0 Å². The first-order valence-electron chi connectivity index (χ1n) is 12.8. The molecule has 0 saturated carbocycles.